The number of nitrogens with one attached hydrogen (secondary N) is 1. The maximum Gasteiger partial charge on any atom is 0.253 e. The van der Waals surface area contributed by atoms with Crippen molar-refractivity contribution in [3.05, 3.63) is 65.2 Å². The lowest BCUT2D eigenvalue weighted by Crippen LogP contribution is -2.31. The molecule has 0 atom stereocenters. The molecule has 0 heterocycles. The predicted octanol–water partition coefficient (Wildman–Crippen LogP) is 2.52. The van der Waals surface area contributed by atoms with E-state index in [-0.39, 0.29) is 22.4 Å². The fraction of sp³-hybridized carbons (Fsp3) is 0.263. The summed E-state index contributed by atoms with van der Waals surface area (Å²) in [7, 11) is -2.03. The number of carbonyl (C=O) groups excluding carboxylic acids is 1. The largest absolute Gasteiger partial charge is 0.337 e. The summed E-state index contributed by atoms with van der Waals surface area (Å²) in [5.74, 6) is -0.297. The Labute approximate surface area is 154 Å². The zero-order valence-electron chi connectivity index (χ0n) is 14.9. The van der Waals surface area contributed by atoms with Crippen LogP contribution >= 0.6 is 0 Å². The summed E-state index contributed by atoms with van der Waals surface area (Å²) in [6, 6.07) is 14.8. The number of hydrogen-bond acceptors (Lipinski definition) is 4. The summed E-state index contributed by atoms with van der Waals surface area (Å²) in [5, 5.41) is 8.96. The van der Waals surface area contributed by atoms with Crippen LogP contribution in [0.2, 0.25) is 0 Å². The van der Waals surface area contributed by atoms with Crippen molar-refractivity contribution in [2.45, 2.75) is 31.3 Å². The van der Waals surface area contributed by atoms with Crippen molar-refractivity contribution in [1.82, 2.24) is 9.62 Å². The second-order valence-electron chi connectivity index (χ2n) is 6.28. The lowest BCUT2D eigenvalue weighted by molar-refractivity contribution is 0.0785. The van der Waals surface area contributed by atoms with E-state index in [4.69, 9.17) is 5.26 Å². The molecule has 0 fully saturated rings. The standard InChI is InChI=1S/C19H21N3O3S/c1-14(2)21-26(24,25)18-9-5-8-17(11-18)19(23)22(3)13-16-7-4-6-15(10-16)12-20/h4-11,14,21H,13H2,1-3H3. The molecule has 136 valence electrons. The molecule has 1 N–H and O–H groups in total. The third-order valence-corrected chi connectivity index (χ3v) is 5.26. The normalized spacial score (nSPS) is 11.2. The van der Waals surface area contributed by atoms with Gasteiger partial charge in [0.1, 0.15) is 0 Å². The van der Waals surface area contributed by atoms with Crippen LogP contribution in [0.4, 0.5) is 0 Å². The topological polar surface area (TPSA) is 90.3 Å². The zero-order valence-corrected chi connectivity index (χ0v) is 15.7. The van der Waals surface area contributed by atoms with E-state index < -0.39 is 10.0 Å². The first-order valence-corrected chi connectivity index (χ1v) is 9.58. The van der Waals surface area contributed by atoms with Crippen molar-refractivity contribution in [2.24, 2.45) is 0 Å². The number of nitriles is 1. The summed E-state index contributed by atoms with van der Waals surface area (Å²) < 4.78 is 27.1. The van der Waals surface area contributed by atoms with Gasteiger partial charge < -0.3 is 4.90 Å². The van der Waals surface area contributed by atoms with Crippen molar-refractivity contribution >= 4 is 15.9 Å². The highest BCUT2D eigenvalue weighted by atomic mass is 32.2. The van der Waals surface area contributed by atoms with Crippen LogP contribution in [0, 0.1) is 11.3 Å². The molecule has 0 saturated carbocycles. The van der Waals surface area contributed by atoms with Crippen LogP contribution in [0.15, 0.2) is 53.4 Å². The molecule has 0 aromatic heterocycles. The second kappa shape index (κ2) is 8.13. The third kappa shape index (κ3) is 4.91. The number of rotatable bonds is 6. The highest BCUT2D eigenvalue weighted by Gasteiger charge is 2.19. The Morgan fingerprint density at radius 1 is 1.19 bits per heavy atom. The minimum absolute atomic E-state index is 0.0527. The van der Waals surface area contributed by atoms with E-state index in [2.05, 4.69) is 10.8 Å². The Balaban J connectivity index is 2.21. The summed E-state index contributed by atoms with van der Waals surface area (Å²) in [6.45, 7) is 3.78. The van der Waals surface area contributed by atoms with Gasteiger partial charge in [-0.1, -0.05) is 18.2 Å². The van der Waals surface area contributed by atoms with E-state index in [0.717, 1.165) is 5.56 Å². The smallest absolute Gasteiger partial charge is 0.253 e. The Kier molecular flexibility index (Phi) is 6.14. The summed E-state index contributed by atoms with van der Waals surface area (Å²) in [6.07, 6.45) is 0. The number of sulfonamides is 1. The number of hydrogen-bond donors (Lipinski definition) is 1. The number of nitrogens with zero attached hydrogens (tertiary/aromatic N) is 2. The van der Waals surface area contributed by atoms with Crippen molar-refractivity contribution in [2.75, 3.05) is 7.05 Å². The molecule has 2 rings (SSSR count). The van der Waals surface area contributed by atoms with Gasteiger partial charge in [0.15, 0.2) is 0 Å². The number of carbonyl (C=O) groups is 1. The molecule has 0 bridgehead atoms. The lowest BCUT2D eigenvalue weighted by atomic mass is 10.1. The van der Waals surface area contributed by atoms with E-state index in [1.165, 1.54) is 17.0 Å². The van der Waals surface area contributed by atoms with Crippen LogP contribution < -0.4 is 4.72 Å². The maximum absolute atomic E-state index is 12.7. The van der Waals surface area contributed by atoms with Crippen LogP contribution in [0.1, 0.15) is 35.3 Å². The first-order valence-electron chi connectivity index (χ1n) is 8.10. The molecule has 0 unspecified atom stereocenters. The Bertz CT molecular complexity index is 946. The van der Waals surface area contributed by atoms with E-state index in [1.54, 1.807) is 51.2 Å². The highest BCUT2D eigenvalue weighted by molar-refractivity contribution is 7.89. The van der Waals surface area contributed by atoms with Crippen LogP contribution in [-0.2, 0) is 16.6 Å². The number of amides is 1. The van der Waals surface area contributed by atoms with Gasteiger partial charge in [-0.05, 0) is 49.7 Å². The molecule has 2 aromatic rings. The average molecular weight is 371 g/mol. The Morgan fingerprint density at radius 3 is 2.54 bits per heavy atom. The molecule has 6 nitrogen and oxygen atoms in total. The Hall–Kier alpha value is -2.69. The molecule has 0 aliphatic heterocycles. The first kappa shape index (κ1) is 19.6. The molecule has 2 aromatic carbocycles. The van der Waals surface area contributed by atoms with E-state index in [1.807, 2.05) is 6.07 Å². The van der Waals surface area contributed by atoms with Gasteiger partial charge in [-0.2, -0.15) is 5.26 Å². The molecule has 0 saturated heterocycles. The minimum Gasteiger partial charge on any atom is -0.337 e. The predicted molar refractivity (Wildman–Crippen MR) is 98.9 cm³/mol. The van der Waals surface area contributed by atoms with Gasteiger partial charge in [0.2, 0.25) is 10.0 Å². The summed E-state index contributed by atoms with van der Waals surface area (Å²) >= 11 is 0. The fourth-order valence-corrected chi connectivity index (χ4v) is 3.78. The molecule has 0 aliphatic rings. The molecule has 0 spiro atoms. The van der Waals surface area contributed by atoms with Crippen molar-refractivity contribution in [3.8, 4) is 6.07 Å². The molecular formula is C19H21N3O3S. The zero-order chi connectivity index (χ0) is 19.3. The third-order valence-electron chi connectivity index (χ3n) is 3.60. The quantitative estimate of drug-likeness (QED) is 0.845. The van der Waals surface area contributed by atoms with Crippen LogP contribution in [-0.4, -0.2) is 32.3 Å². The van der Waals surface area contributed by atoms with Gasteiger partial charge in [-0.3, -0.25) is 4.79 Å². The highest BCUT2D eigenvalue weighted by Crippen LogP contribution is 2.15. The monoisotopic (exact) mass is 371 g/mol. The summed E-state index contributed by atoms with van der Waals surface area (Å²) in [4.78, 5) is 14.2. The molecule has 7 heteroatoms. The van der Waals surface area contributed by atoms with E-state index in [9.17, 15) is 13.2 Å². The van der Waals surface area contributed by atoms with Crippen molar-refractivity contribution < 1.29 is 13.2 Å². The first-order chi connectivity index (χ1) is 12.2. The van der Waals surface area contributed by atoms with Crippen LogP contribution in [0.5, 0.6) is 0 Å². The molecular weight excluding hydrogens is 350 g/mol. The van der Waals surface area contributed by atoms with Gasteiger partial charge >= 0.3 is 0 Å². The lowest BCUT2D eigenvalue weighted by Gasteiger charge is -2.18. The molecule has 0 aliphatic carbocycles. The second-order valence-corrected chi connectivity index (χ2v) is 7.99. The van der Waals surface area contributed by atoms with Gasteiger partial charge in [-0.15, -0.1) is 0 Å². The molecule has 26 heavy (non-hydrogen) atoms. The van der Waals surface area contributed by atoms with Crippen molar-refractivity contribution in [3.63, 3.8) is 0 Å². The van der Waals surface area contributed by atoms with Gasteiger partial charge in [-0.25, -0.2) is 13.1 Å². The minimum atomic E-state index is -3.67. The molecule has 1 amide bonds. The van der Waals surface area contributed by atoms with Crippen LogP contribution in [0.25, 0.3) is 0 Å². The average Bonchev–Trinajstić information content (AvgIpc) is 2.60. The van der Waals surface area contributed by atoms with E-state index >= 15 is 0 Å². The SMILES string of the molecule is CC(C)NS(=O)(=O)c1cccc(C(=O)N(C)Cc2cccc(C#N)c2)c1. The van der Waals surface area contributed by atoms with Gasteiger partial charge in [0.25, 0.3) is 5.91 Å². The number of benzene rings is 2. The van der Waals surface area contributed by atoms with Gasteiger partial charge in [0.05, 0.1) is 16.5 Å². The van der Waals surface area contributed by atoms with Crippen LogP contribution in [0.3, 0.4) is 0 Å². The Morgan fingerprint density at radius 2 is 1.88 bits per heavy atom. The summed E-state index contributed by atoms with van der Waals surface area (Å²) in [5.41, 5.74) is 1.64. The molecule has 0 radical (unpaired) electrons. The van der Waals surface area contributed by atoms with Gasteiger partial charge in [0, 0.05) is 25.2 Å². The fourth-order valence-electron chi connectivity index (χ4n) is 2.48. The van der Waals surface area contributed by atoms with E-state index in [0.29, 0.717) is 12.1 Å². The van der Waals surface area contributed by atoms with Crippen molar-refractivity contribution in [1.29, 1.82) is 5.26 Å². The maximum atomic E-state index is 12.7.